The molecule has 1 amide bonds. The molecule has 2 rings (SSSR count). The standard InChI is InChI=1S/C16H24F3N5OS.HI/c1-20-15(21-8-6-13(25)23-11-4-2-3-5-11)22-9-7-14-24-12(10-26-14)16(17,18)19;/h10-11H,2-9H2,1H3,(H,23,25)(H2,20,21,22);1H. The number of thiazole rings is 1. The van der Waals surface area contributed by atoms with Gasteiger partial charge in [-0.2, -0.15) is 13.2 Å². The van der Waals surface area contributed by atoms with Crippen molar-refractivity contribution in [2.45, 2.75) is 50.7 Å². The lowest BCUT2D eigenvalue weighted by molar-refractivity contribution is -0.140. The average molecular weight is 519 g/mol. The zero-order valence-corrected chi connectivity index (χ0v) is 18.2. The topological polar surface area (TPSA) is 78.4 Å². The molecular weight excluding hydrogens is 494 g/mol. The molecule has 1 aromatic rings. The summed E-state index contributed by atoms with van der Waals surface area (Å²) in [7, 11) is 1.60. The number of hydrogen-bond donors (Lipinski definition) is 3. The van der Waals surface area contributed by atoms with E-state index in [0.29, 0.717) is 42.9 Å². The fourth-order valence-corrected chi connectivity index (χ4v) is 3.53. The van der Waals surface area contributed by atoms with Crippen LogP contribution in [-0.2, 0) is 17.4 Å². The van der Waals surface area contributed by atoms with Gasteiger partial charge in [0.05, 0.1) is 5.01 Å². The van der Waals surface area contributed by atoms with Gasteiger partial charge in [-0.1, -0.05) is 12.8 Å². The molecule has 0 unspecified atom stereocenters. The quantitative estimate of drug-likeness (QED) is 0.294. The van der Waals surface area contributed by atoms with Crippen LogP contribution in [0.3, 0.4) is 0 Å². The summed E-state index contributed by atoms with van der Waals surface area (Å²) in [6.45, 7) is 0.840. The molecule has 1 aromatic heterocycles. The largest absolute Gasteiger partial charge is 0.434 e. The first-order chi connectivity index (χ1) is 12.4. The Morgan fingerprint density at radius 2 is 1.96 bits per heavy atom. The Labute approximate surface area is 177 Å². The van der Waals surface area contributed by atoms with E-state index in [2.05, 4.69) is 25.9 Å². The van der Waals surface area contributed by atoms with Crippen molar-refractivity contribution in [3.63, 3.8) is 0 Å². The molecule has 0 radical (unpaired) electrons. The van der Waals surface area contributed by atoms with Gasteiger partial charge in [-0.25, -0.2) is 4.98 Å². The molecule has 3 N–H and O–H groups in total. The van der Waals surface area contributed by atoms with Crippen LogP contribution >= 0.6 is 35.3 Å². The summed E-state index contributed by atoms with van der Waals surface area (Å²) in [6, 6.07) is 0.305. The maximum atomic E-state index is 12.5. The normalized spacial score (nSPS) is 15.3. The van der Waals surface area contributed by atoms with E-state index in [1.807, 2.05) is 0 Å². The van der Waals surface area contributed by atoms with Crippen LogP contribution in [-0.4, -0.2) is 43.0 Å². The first kappa shape index (κ1) is 23.9. The van der Waals surface area contributed by atoms with Crippen molar-refractivity contribution in [3.8, 4) is 0 Å². The summed E-state index contributed by atoms with van der Waals surface area (Å²) in [4.78, 5) is 19.4. The van der Waals surface area contributed by atoms with Crippen LogP contribution in [0.25, 0.3) is 0 Å². The predicted octanol–water partition coefficient (Wildman–Crippen LogP) is 2.94. The zero-order valence-electron chi connectivity index (χ0n) is 15.1. The van der Waals surface area contributed by atoms with Gasteiger partial charge in [0.2, 0.25) is 5.91 Å². The predicted molar refractivity (Wildman–Crippen MR) is 111 cm³/mol. The Hall–Kier alpha value is -1.11. The van der Waals surface area contributed by atoms with Gasteiger partial charge in [0.1, 0.15) is 0 Å². The number of nitrogens with zero attached hydrogens (tertiary/aromatic N) is 2. The molecule has 0 spiro atoms. The van der Waals surface area contributed by atoms with E-state index in [-0.39, 0.29) is 29.9 Å². The summed E-state index contributed by atoms with van der Waals surface area (Å²) in [5.41, 5.74) is -0.853. The second-order valence-electron chi connectivity index (χ2n) is 6.10. The summed E-state index contributed by atoms with van der Waals surface area (Å²) < 4.78 is 37.5. The van der Waals surface area contributed by atoms with Crippen LogP contribution in [0, 0.1) is 0 Å². The number of alkyl halides is 3. The molecule has 6 nitrogen and oxygen atoms in total. The van der Waals surface area contributed by atoms with Gasteiger partial charge in [-0.3, -0.25) is 9.79 Å². The number of hydrogen-bond acceptors (Lipinski definition) is 4. The van der Waals surface area contributed by atoms with E-state index in [4.69, 9.17) is 0 Å². The zero-order chi connectivity index (χ0) is 19.0. The Kier molecular flexibility index (Phi) is 10.3. The van der Waals surface area contributed by atoms with Crippen molar-refractivity contribution in [1.82, 2.24) is 20.9 Å². The fraction of sp³-hybridized carbons (Fsp3) is 0.688. The molecule has 0 aliphatic heterocycles. The summed E-state index contributed by atoms with van der Waals surface area (Å²) >= 11 is 0.988. The smallest absolute Gasteiger partial charge is 0.356 e. The molecule has 1 saturated carbocycles. The number of amides is 1. The van der Waals surface area contributed by atoms with Crippen LogP contribution in [0.5, 0.6) is 0 Å². The minimum absolute atomic E-state index is 0. The monoisotopic (exact) mass is 519 g/mol. The number of nitrogens with one attached hydrogen (secondary N) is 3. The van der Waals surface area contributed by atoms with Crippen LogP contribution in [0.15, 0.2) is 10.4 Å². The van der Waals surface area contributed by atoms with Gasteiger partial charge in [0.15, 0.2) is 11.7 Å². The van der Waals surface area contributed by atoms with Crippen molar-refractivity contribution in [2.24, 2.45) is 4.99 Å². The molecule has 0 saturated heterocycles. The highest BCUT2D eigenvalue weighted by Gasteiger charge is 2.33. The van der Waals surface area contributed by atoms with Crippen molar-refractivity contribution in [2.75, 3.05) is 20.1 Å². The van der Waals surface area contributed by atoms with E-state index in [1.165, 1.54) is 12.8 Å². The minimum atomic E-state index is -4.40. The van der Waals surface area contributed by atoms with Crippen LogP contribution in [0.2, 0.25) is 0 Å². The lowest BCUT2D eigenvalue weighted by Gasteiger charge is -2.13. The van der Waals surface area contributed by atoms with E-state index < -0.39 is 11.9 Å². The number of carbonyl (C=O) groups excluding carboxylic acids is 1. The second kappa shape index (κ2) is 11.7. The highest BCUT2D eigenvalue weighted by Crippen LogP contribution is 2.29. The van der Waals surface area contributed by atoms with E-state index in [9.17, 15) is 18.0 Å². The number of guanidine groups is 1. The third-order valence-electron chi connectivity index (χ3n) is 4.06. The van der Waals surface area contributed by atoms with Gasteiger partial charge in [-0.05, 0) is 12.8 Å². The van der Waals surface area contributed by atoms with Crippen LogP contribution < -0.4 is 16.0 Å². The maximum absolute atomic E-state index is 12.5. The van der Waals surface area contributed by atoms with Crippen molar-refractivity contribution in [3.05, 3.63) is 16.1 Å². The third kappa shape index (κ3) is 8.62. The molecule has 27 heavy (non-hydrogen) atoms. The van der Waals surface area contributed by atoms with Crippen molar-refractivity contribution >= 4 is 47.2 Å². The maximum Gasteiger partial charge on any atom is 0.434 e. The third-order valence-corrected chi connectivity index (χ3v) is 4.97. The fourth-order valence-electron chi connectivity index (χ4n) is 2.73. The number of aliphatic imine (C=N–C) groups is 1. The molecule has 11 heteroatoms. The SMILES string of the molecule is CN=C(NCCC(=O)NC1CCCC1)NCCc1nc(C(F)(F)F)cs1.I. The highest BCUT2D eigenvalue weighted by atomic mass is 127. The molecule has 154 valence electrons. The van der Waals surface area contributed by atoms with Crippen molar-refractivity contribution in [1.29, 1.82) is 0 Å². The molecule has 0 bridgehead atoms. The average Bonchev–Trinajstić information content (AvgIpc) is 3.24. The van der Waals surface area contributed by atoms with E-state index in [1.54, 1.807) is 7.05 Å². The van der Waals surface area contributed by atoms with Gasteiger partial charge in [0, 0.05) is 44.4 Å². The Morgan fingerprint density at radius 1 is 1.30 bits per heavy atom. The molecule has 1 aliphatic rings. The van der Waals surface area contributed by atoms with Crippen molar-refractivity contribution < 1.29 is 18.0 Å². The van der Waals surface area contributed by atoms with Gasteiger partial charge >= 0.3 is 6.18 Å². The lowest BCUT2D eigenvalue weighted by Crippen LogP contribution is -2.41. The molecule has 0 atom stereocenters. The van der Waals surface area contributed by atoms with E-state index >= 15 is 0 Å². The van der Waals surface area contributed by atoms with E-state index in [0.717, 1.165) is 29.6 Å². The van der Waals surface area contributed by atoms with Crippen LogP contribution in [0.1, 0.15) is 42.8 Å². The summed E-state index contributed by atoms with van der Waals surface area (Å²) in [6.07, 6.45) is 0.748. The molecule has 0 aromatic carbocycles. The Bertz CT molecular complexity index is 617. The summed E-state index contributed by atoms with van der Waals surface area (Å²) in [5, 5.41) is 10.5. The lowest BCUT2D eigenvalue weighted by atomic mass is 10.2. The number of aromatic nitrogens is 1. The number of halogens is 4. The van der Waals surface area contributed by atoms with Gasteiger partial charge < -0.3 is 16.0 Å². The number of carbonyl (C=O) groups is 1. The summed E-state index contributed by atoms with van der Waals surface area (Å²) in [5.74, 6) is 0.522. The first-order valence-corrected chi connectivity index (χ1v) is 9.52. The van der Waals surface area contributed by atoms with Crippen LogP contribution in [0.4, 0.5) is 13.2 Å². The highest BCUT2D eigenvalue weighted by molar-refractivity contribution is 14.0. The Balaban J connectivity index is 0.00000364. The van der Waals surface area contributed by atoms with Gasteiger partial charge in [-0.15, -0.1) is 35.3 Å². The Morgan fingerprint density at radius 3 is 2.56 bits per heavy atom. The minimum Gasteiger partial charge on any atom is -0.356 e. The molecule has 1 heterocycles. The first-order valence-electron chi connectivity index (χ1n) is 8.64. The molecular formula is C16H25F3IN5OS. The second-order valence-corrected chi connectivity index (χ2v) is 7.04. The van der Waals surface area contributed by atoms with Gasteiger partial charge in [0.25, 0.3) is 0 Å². The number of rotatable bonds is 7. The molecule has 1 aliphatic carbocycles. The molecule has 1 fully saturated rings.